The molecule has 0 saturated heterocycles. The van der Waals surface area contributed by atoms with Crippen molar-refractivity contribution in [1.82, 2.24) is 4.72 Å². The molecule has 0 radical (unpaired) electrons. The number of carbonyl (C=O) groups is 1. The number of rotatable bonds is 6. The van der Waals surface area contributed by atoms with E-state index in [0.29, 0.717) is 11.1 Å². The van der Waals surface area contributed by atoms with Gasteiger partial charge in [-0.2, -0.15) is 4.72 Å². The van der Waals surface area contributed by atoms with Crippen molar-refractivity contribution in [1.29, 1.82) is 0 Å². The van der Waals surface area contributed by atoms with E-state index < -0.39 is 27.6 Å². The first-order chi connectivity index (χ1) is 15.6. The van der Waals surface area contributed by atoms with Gasteiger partial charge >= 0.3 is 5.97 Å². The van der Waals surface area contributed by atoms with Crippen molar-refractivity contribution < 1.29 is 22.7 Å². The molecule has 1 N–H and O–H groups in total. The van der Waals surface area contributed by atoms with E-state index in [1.54, 1.807) is 27.7 Å². The van der Waals surface area contributed by atoms with Crippen LogP contribution in [0.2, 0.25) is 0 Å². The van der Waals surface area contributed by atoms with E-state index in [1.165, 1.54) is 0 Å². The fourth-order valence-electron chi connectivity index (χ4n) is 4.39. The average molecular weight is 488 g/mol. The molecule has 0 spiro atoms. The summed E-state index contributed by atoms with van der Waals surface area (Å²) in [5, 5.41) is 0. The third kappa shape index (κ3) is 5.81. The topological polar surface area (TPSA) is 81.7 Å². The predicted octanol–water partition coefficient (Wildman–Crippen LogP) is 4.95. The number of esters is 1. The zero-order valence-corrected chi connectivity index (χ0v) is 22.4. The Labute approximate surface area is 204 Å². The van der Waals surface area contributed by atoms with Gasteiger partial charge in [0, 0.05) is 0 Å². The molecule has 0 aliphatic carbocycles. The maximum Gasteiger partial charge on any atom is 0.325 e. The minimum Gasteiger partial charge on any atom is -0.487 e. The van der Waals surface area contributed by atoms with Crippen LogP contribution < -0.4 is 9.46 Å². The SMILES string of the molecule is Cc1c(C)c(S(=O)(=O)NC(Cc2ccccc2)C(=O)OC(C)(C)C)c(C)c2c1OC(C)(C)CC2. The van der Waals surface area contributed by atoms with Gasteiger partial charge in [0.2, 0.25) is 10.0 Å². The Morgan fingerprint density at radius 1 is 1.09 bits per heavy atom. The highest BCUT2D eigenvalue weighted by Gasteiger charge is 2.36. The Hall–Kier alpha value is -2.38. The van der Waals surface area contributed by atoms with Crippen LogP contribution in [0, 0.1) is 20.8 Å². The highest BCUT2D eigenvalue weighted by atomic mass is 32.2. The summed E-state index contributed by atoms with van der Waals surface area (Å²) in [5.41, 5.74) is 2.83. The molecule has 0 fully saturated rings. The van der Waals surface area contributed by atoms with Crippen LogP contribution in [0.4, 0.5) is 0 Å². The van der Waals surface area contributed by atoms with E-state index in [4.69, 9.17) is 9.47 Å². The Balaban J connectivity index is 2.03. The van der Waals surface area contributed by atoms with E-state index in [0.717, 1.165) is 35.3 Å². The molecule has 0 bridgehead atoms. The zero-order valence-electron chi connectivity index (χ0n) is 21.5. The summed E-state index contributed by atoms with van der Waals surface area (Å²) in [5.74, 6) is 0.174. The molecule has 1 heterocycles. The Kier molecular flexibility index (Phi) is 7.21. The van der Waals surface area contributed by atoms with Gasteiger partial charge in [-0.3, -0.25) is 4.79 Å². The molecular weight excluding hydrogens is 450 g/mol. The van der Waals surface area contributed by atoms with Crippen molar-refractivity contribution in [3.8, 4) is 5.75 Å². The van der Waals surface area contributed by atoms with Crippen molar-refractivity contribution in [3.05, 3.63) is 58.1 Å². The molecule has 2 aromatic rings. The molecular formula is C27H37NO5S. The second kappa shape index (κ2) is 9.34. The number of benzene rings is 2. The van der Waals surface area contributed by atoms with Crippen molar-refractivity contribution in [2.45, 2.75) is 96.8 Å². The third-order valence-electron chi connectivity index (χ3n) is 6.21. The summed E-state index contributed by atoms with van der Waals surface area (Å²) in [4.78, 5) is 13.3. The van der Waals surface area contributed by atoms with Crippen molar-refractivity contribution in [3.63, 3.8) is 0 Å². The van der Waals surface area contributed by atoms with Gasteiger partial charge in [-0.05, 0) is 102 Å². The molecule has 1 aliphatic heterocycles. The van der Waals surface area contributed by atoms with Gasteiger partial charge in [-0.15, -0.1) is 0 Å². The van der Waals surface area contributed by atoms with Crippen LogP contribution in [0.25, 0.3) is 0 Å². The largest absolute Gasteiger partial charge is 0.487 e. The Bertz CT molecular complexity index is 1180. The third-order valence-corrected chi connectivity index (χ3v) is 7.95. The Morgan fingerprint density at radius 2 is 1.71 bits per heavy atom. The Morgan fingerprint density at radius 3 is 2.29 bits per heavy atom. The first kappa shape index (κ1) is 26.2. The molecule has 0 saturated carbocycles. The number of nitrogens with one attached hydrogen (secondary N) is 1. The number of fused-ring (bicyclic) bond motifs is 1. The van der Waals surface area contributed by atoms with Crippen molar-refractivity contribution in [2.75, 3.05) is 0 Å². The zero-order chi connectivity index (χ0) is 25.5. The second-order valence-corrected chi connectivity index (χ2v) is 12.4. The minimum atomic E-state index is -4.03. The monoisotopic (exact) mass is 487 g/mol. The first-order valence-electron chi connectivity index (χ1n) is 11.7. The fourth-order valence-corrected chi connectivity index (χ4v) is 6.15. The highest BCUT2D eigenvalue weighted by molar-refractivity contribution is 7.89. The molecule has 2 aromatic carbocycles. The molecule has 34 heavy (non-hydrogen) atoms. The van der Waals surface area contributed by atoms with E-state index in [1.807, 2.05) is 58.0 Å². The standard InChI is InChI=1S/C27H37NO5S/c1-17-18(2)24(19(3)21-14-15-27(7,8)32-23(17)21)34(30,31)28-22(25(29)33-26(4,5)6)16-20-12-10-9-11-13-20/h9-13,22,28H,14-16H2,1-8H3. The lowest BCUT2D eigenvalue weighted by Crippen LogP contribution is -2.46. The van der Waals surface area contributed by atoms with Gasteiger partial charge in [0.25, 0.3) is 0 Å². The smallest absolute Gasteiger partial charge is 0.325 e. The number of ether oxygens (including phenoxy) is 2. The van der Waals surface area contributed by atoms with Crippen LogP contribution in [-0.2, 0) is 32.4 Å². The second-order valence-electron chi connectivity index (χ2n) is 10.8. The number of carbonyl (C=O) groups excluding carboxylic acids is 1. The minimum absolute atomic E-state index is 0.189. The molecule has 7 heteroatoms. The number of sulfonamides is 1. The number of hydrogen-bond donors (Lipinski definition) is 1. The maximum atomic E-state index is 13.8. The fraction of sp³-hybridized carbons (Fsp3) is 0.519. The molecule has 0 amide bonds. The van der Waals surface area contributed by atoms with Crippen LogP contribution in [-0.4, -0.2) is 31.6 Å². The molecule has 1 unspecified atom stereocenters. The van der Waals surface area contributed by atoms with Crippen LogP contribution in [0.3, 0.4) is 0 Å². The van der Waals surface area contributed by atoms with Gasteiger partial charge in [-0.1, -0.05) is 30.3 Å². The van der Waals surface area contributed by atoms with Gasteiger partial charge in [0.15, 0.2) is 0 Å². The summed E-state index contributed by atoms with van der Waals surface area (Å²) >= 11 is 0. The molecule has 186 valence electrons. The summed E-state index contributed by atoms with van der Waals surface area (Å²) in [6, 6.07) is 8.27. The average Bonchev–Trinajstić information content (AvgIpc) is 2.70. The van der Waals surface area contributed by atoms with Crippen LogP contribution in [0.1, 0.15) is 68.9 Å². The van der Waals surface area contributed by atoms with E-state index in [2.05, 4.69) is 4.72 Å². The van der Waals surface area contributed by atoms with Crippen LogP contribution >= 0.6 is 0 Å². The molecule has 1 atom stereocenters. The van der Waals surface area contributed by atoms with Crippen molar-refractivity contribution >= 4 is 16.0 Å². The van der Waals surface area contributed by atoms with E-state index >= 15 is 0 Å². The van der Waals surface area contributed by atoms with Gasteiger partial charge in [-0.25, -0.2) is 8.42 Å². The summed E-state index contributed by atoms with van der Waals surface area (Å²) < 4.78 is 42.0. The number of hydrogen-bond acceptors (Lipinski definition) is 5. The lowest BCUT2D eigenvalue weighted by molar-refractivity contribution is -0.156. The van der Waals surface area contributed by atoms with E-state index in [-0.39, 0.29) is 16.9 Å². The molecule has 0 aromatic heterocycles. The van der Waals surface area contributed by atoms with Gasteiger partial charge < -0.3 is 9.47 Å². The van der Waals surface area contributed by atoms with Gasteiger partial charge in [0.1, 0.15) is 23.0 Å². The van der Waals surface area contributed by atoms with Crippen molar-refractivity contribution in [2.24, 2.45) is 0 Å². The molecule has 1 aliphatic rings. The quantitative estimate of drug-likeness (QED) is 0.583. The molecule has 6 nitrogen and oxygen atoms in total. The summed E-state index contributed by atoms with van der Waals surface area (Å²) in [7, 11) is -4.03. The predicted molar refractivity (Wildman–Crippen MR) is 134 cm³/mol. The van der Waals surface area contributed by atoms with Gasteiger partial charge in [0.05, 0.1) is 4.90 Å². The molecule has 3 rings (SSSR count). The van der Waals surface area contributed by atoms with Crippen LogP contribution in [0.5, 0.6) is 5.75 Å². The highest BCUT2D eigenvalue weighted by Crippen LogP contribution is 2.42. The van der Waals surface area contributed by atoms with E-state index in [9.17, 15) is 13.2 Å². The van der Waals surface area contributed by atoms with Crippen LogP contribution in [0.15, 0.2) is 35.2 Å². The summed E-state index contributed by atoms with van der Waals surface area (Å²) in [6.45, 7) is 14.9. The first-order valence-corrected chi connectivity index (χ1v) is 13.2. The lowest BCUT2D eigenvalue weighted by atomic mass is 9.88. The normalized spacial score (nSPS) is 16.4. The summed E-state index contributed by atoms with van der Waals surface area (Å²) in [6.07, 6.45) is 1.72. The lowest BCUT2D eigenvalue weighted by Gasteiger charge is -2.35. The maximum absolute atomic E-state index is 13.8.